The van der Waals surface area contributed by atoms with Crippen molar-refractivity contribution in [2.75, 3.05) is 11.9 Å². The van der Waals surface area contributed by atoms with Crippen LogP contribution in [0.5, 0.6) is 0 Å². The number of halogens is 3. The zero-order chi connectivity index (χ0) is 14.3. The first-order valence-corrected chi connectivity index (χ1v) is 6.41. The van der Waals surface area contributed by atoms with Crippen LogP contribution in [0.25, 0.3) is 0 Å². The van der Waals surface area contributed by atoms with E-state index in [1.807, 2.05) is 17.7 Å². The predicted molar refractivity (Wildman–Crippen MR) is 69.7 cm³/mol. The molecule has 6 heteroatoms. The van der Waals surface area contributed by atoms with E-state index < -0.39 is 11.7 Å². The summed E-state index contributed by atoms with van der Waals surface area (Å²) in [7, 11) is 0. The van der Waals surface area contributed by atoms with Crippen molar-refractivity contribution in [2.24, 2.45) is 0 Å². The first kappa shape index (κ1) is 13.0. The number of hydrogen-bond acceptors (Lipinski definition) is 2. The number of aromatic nitrogens is 2. The van der Waals surface area contributed by atoms with Crippen LogP contribution in [0, 0.1) is 6.92 Å². The monoisotopic (exact) mass is 281 g/mol. The van der Waals surface area contributed by atoms with Gasteiger partial charge in [0.15, 0.2) is 0 Å². The summed E-state index contributed by atoms with van der Waals surface area (Å²) in [6.07, 6.45) is -1.70. The molecule has 0 radical (unpaired) electrons. The molecule has 1 aliphatic heterocycles. The number of alkyl halides is 3. The minimum absolute atomic E-state index is 0.102. The van der Waals surface area contributed by atoms with Gasteiger partial charge in [0.2, 0.25) is 5.95 Å². The number of nitrogens with one attached hydrogen (secondary N) is 1. The summed E-state index contributed by atoms with van der Waals surface area (Å²) in [5, 5.41) is 3.16. The van der Waals surface area contributed by atoms with Gasteiger partial charge in [-0.1, -0.05) is 12.1 Å². The Morgan fingerprint density at radius 1 is 1.35 bits per heavy atom. The van der Waals surface area contributed by atoms with Crippen LogP contribution in [-0.4, -0.2) is 16.1 Å². The van der Waals surface area contributed by atoms with Crippen molar-refractivity contribution >= 4 is 5.95 Å². The predicted octanol–water partition coefficient (Wildman–Crippen LogP) is 3.62. The molecule has 0 saturated heterocycles. The van der Waals surface area contributed by atoms with Crippen LogP contribution in [0.3, 0.4) is 0 Å². The van der Waals surface area contributed by atoms with Crippen molar-refractivity contribution in [1.29, 1.82) is 0 Å². The van der Waals surface area contributed by atoms with Crippen LogP contribution in [0.2, 0.25) is 0 Å². The molecular formula is C14H14F3N3. The molecule has 1 aromatic heterocycles. The lowest BCUT2D eigenvalue weighted by Gasteiger charge is -2.26. The molecule has 2 aromatic rings. The van der Waals surface area contributed by atoms with E-state index in [1.165, 1.54) is 12.1 Å². The summed E-state index contributed by atoms with van der Waals surface area (Å²) in [5.41, 5.74) is 0.915. The normalized spacial score (nSPS) is 18.5. The van der Waals surface area contributed by atoms with Crippen molar-refractivity contribution in [3.8, 4) is 0 Å². The quantitative estimate of drug-likeness (QED) is 0.865. The summed E-state index contributed by atoms with van der Waals surface area (Å²) in [6.45, 7) is 2.58. The lowest BCUT2D eigenvalue weighted by Crippen LogP contribution is -2.23. The Kier molecular flexibility index (Phi) is 2.96. The molecule has 1 aromatic carbocycles. The van der Waals surface area contributed by atoms with Crippen LogP contribution < -0.4 is 5.32 Å². The van der Waals surface area contributed by atoms with Gasteiger partial charge >= 0.3 is 6.18 Å². The van der Waals surface area contributed by atoms with E-state index in [9.17, 15) is 13.2 Å². The Bertz CT molecular complexity index is 631. The number of aryl methyl sites for hydroxylation is 1. The van der Waals surface area contributed by atoms with E-state index in [2.05, 4.69) is 10.3 Å². The summed E-state index contributed by atoms with van der Waals surface area (Å²) < 4.78 is 40.3. The van der Waals surface area contributed by atoms with Gasteiger partial charge in [0.05, 0.1) is 17.3 Å². The third kappa shape index (κ3) is 2.26. The molecule has 106 valence electrons. The maximum Gasteiger partial charge on any atom is 0.416 e. The molecule has 1 atom stereocenters. The maximum absolute atomic E-state index is 12.8. The number of hydrogen-bond donors (Lipinski definition) is 1. The fourth-order valence-electron chi connectivity index (χ4n) is 2.59. The highest BCUT2D eigenvalue weighted by Crippen LogP contribution is 2.34. The van der Waals surface area contributed by atoms with E-state index >= 15 is 0 Å². The zero-order valence-corrected chi connectivity index (χ0v) is 10.9. The molecule has 0 aliphatic carbocycles. The van der Waals surface area contributed by atoms with Crippen LogP contribution in [0.15, 0.2) is 30.5 Å². The van der Waals surface area contributed by atoms with E-state index in [1.54, 1.807) is 6.07 Å². The van der Waals surface area contributed by atoms with Crippen molar-refractivity contribution in [1.82, 2.24) is 9.55 Å². The number of imidazole rings is 1. The van der Waals surface area contributed by atoms with Gasteiger partial charge in [-0.3, -0.25) is 0 Å². The van der Waals surface area contributed by atoms with Gasteiger partial charge in [0, 0.05) is 12.7 Å². The molecule has 0 bridgehead atoms. The fourth-order valence-corrected chi connectivity index (χ4v) is 2.59. The lowest BCUT2D eigenvalue weighted by atomic mass is 10.00. The van der Waals surface area contributed by atoms with E-state index in [0.717, 1.165) is 24.1 Å². The summed E-state index contributed by atoms with van der Waals surface area (Å²) in [6, 6.07) is 5.43. The van der Waals surface area contributed by atoms with Crippen molar-refractivity contribution in [3.05, 3.63) is 47.3 Å². The largest absolute Gasteiger partial charge is 0.416 e. The van der Waals surface area contributed by atoms with Crippen molar-refractivity contribution in [2.45, 2.75) is 25.6 Å². The molecule has 2 heterocycles. The van der Waals surface area contributed by atoms with Gasteiger partial charge in [0.1, 0.15) is 0 Å². The highest BCUT2D eigenvalue weighted by atomic mass is 19.4. The topological polar surface area (TPSA) is 29.9 Å². The maximum atomic E-state index is 12.8. The van der Waals surface area contributed by atoms with Crippen LogP contribution in [0.4, 0.5) is 19.1 Å². The number of rotatable bonds is 1. The van der Waals surface area contributed by atoms with Gasteiger partial charge < -0.3 is 9.88 Å². The van der Waals surface area contributed by atoms with Gasteiger partial charge in [-0.05, 0) is 31.0 Å². The first-order valence-electron chi connectivity index (χ1n) is 6.41. The highest BCUT2D eigenvalue weighted by Gasteiger charge is 2.31. The third-order valence-corrected chi connectivity index (χ3v) is 3.49. The summed E-state index contributed by atoms with van der Waals surface area (Å²) in [4.78, 5) is 4.33. The minimum atomic E-state index is -4.31. The molecule has 3 rings (SSSR count). The Hall–Kier alpha value is -1.98. The second-order valence-electron chi connectivity index (χ2n) is 4.97. The SMILES string of the molecule is Cc1cn2c(n1)NCCC2c1cccc(C(F)(F)F)c1. The molecule has 1 N–H and O–H groups in total. The Morgan fingerprint density at radius 2 is 2.15 bits per heavy atom. The average molecular weight is 281 g/mol. The molecule has 0 saturated carbocycles. The molecule has 20 heavy (non-hydrogen) atoms. The van der Waals surface area contributed by atoms with Crippen molar-refractivity contribution < 1.29 is 13.2 Å². The Morgan fingerprint density at radius 3 is 2.90 bits per heavy atom. The Balaban J connectivity index is 2.02. The van der Waals surface area contributed by atoms with E-state index in [-0.39, 0.29) is 6.04 Å². The van der Waals surface area contributed by atoms with Crippen molar-refractivity contribution in [3.63, 3.8) is 0 Å². The summed E-state index contributed by atoms with van der Waals surface area (Å²) >= 11 is 0. The number of benzene rings is 1. The zero-order valence-electron chi connectivity index (χ0n) is 10.9. The first-order chi connectivity index (χ1) is 9.45. The molecule has 0 fully saturated rings. The molecule has 0 amide bonds. The molecular weight excluding hydrogens is 267 g/mol. The second kappa shape index (κ2) is 4.54. The fraction of sp³-hybridized carbons (Fsp3) is 0.357. The second-order valence-corrected chi connectivity index (χ2v) is 4.97. The van der Waals surface area contributed by atoms with Gasteiger partial charge in [-0.2, -0.15) is 13.2 Å². The molecule has 1 aliphatic rings. The van der Waals surface area contributed by atoms with E-state index in [0.29, 0.717) is 12.1 Å². The highest BCUT2D eigenvalue weighted by molar-refractivity contribution is 5.37. The third-order valence-electron chi connectivity index (χ3n) is 3.49. The number of anilines is 1. The minimum Gasteiger partial charge on any atom is -0.356 e. The molecule has 1 unspecified atom stereocenters. The van der Waals surface area contributed by atoms with Gasteiger partial charge in [-0.15, -0.1) is 0 Å². The van der Waals surface area contributed by atoms with Gasteiger partial charge in [0.25, 0.3) is 0 Å². The van der Waals surface area contributed by atoms with Crippen LogP contribution >= 0.6 is 0 Å². The number of fused-ring (bicyclic) bond motifs is 1. The van der Waals surface area contributed by atoms with E-state index in [4.69, 9.17) is 0 Å². The smallest absolute Gasteiger partial charge is 0.356 e. The molecule has 3 nitrogen and oxygen atoms in total. The van der Waals surface area contributed by atoms with Gasteiger partial charge in [-0.25, -0.2) is 4.98 Å². The standard InChI is InChI=1S/C14H14F3N3/c1-9-8-20-12(5-6-18-13(20)19-9)10-3-2-4-11(7-10)14(15,16)17/h2-4,7-8,12H,5-6H2,1H3,(H,18,19). The van der Waals surface area contributed by atoms with Crippen LogP contribution in [-0.2, 0) is 6.18 Å². The van der Waals surface area contributed by atoms with Crippen LogP contribution in [0.1, 0.15) is 29.3 Å². The molecule has 0 spiro atoms. The average Bonchev–Trinajstić information content (AvgIpc) is 2.77. The Labute approximate surface area is 114 Å². The number of nitrogens with zero attached hydrogens (tertiary/aromatic N) is 2. The summed E-state index contributed by atoms with van der Waals surface area (Å²) in [5.74, 6) is 0.719. The lowest BCUT2D eigenvalue weighted by molar-refractivity contribution is -0.137.